The van der Waals surface area contributed by atoms with Crippen LogP contribution in [-0.4, -0.2) is 11.1 Å². The molecule has 1 aliphatic rings. The normalized spacial score (nSPS) is 14.9. The van der Waals surface area contributed by atoms with Gasteiger partial charge in [0.25, 0.3) is 5.69 Å². The van der Waals surface area contributed by atoms with Gasteiger partial charge in [-0.2, -0.15) is 0 Å². The Balaban J connectivity index is 1.76. The fourth-order valence-electron chi connectivity index (χ4n) is 2.94. The largest absolute Gasteiger partial charge is 0.269 e. The highest BCUT2D eigenvalue weighted by Crippen LogP contribution is 2.24. The van der Waals surface area contributed by atoms with E-state index in [0.29, 0.717) is 5.92 Å². The number of nitro groups is 1. The third-order valence-corrected chi connectivity index (χ3v) is 4.38. The topological polar surface area (TPSA) is 55.5 Å². The first-order valence-electron chi connectivity index (χ1n) is 8.61. The summed E-state index contributed by atoms with van der Waals surface area (Å²) in [4.78, 5) is 14.8. The zero-order valence-corrected chi connectivity index (χ0v) is 14.0. The molecule has 0 bridgehead atoms. The molecule has 4 nitrogen and oxygen atoms in total. The molecule has 2 aromatic rings. The smallest absolute Gasteiger partial charge is 0.258 e. The fraction of sp³-hybridized carbons (Fsp3) is 0.286. The highest BCUT2D eigenvalue weighted by molar-refractivity contribution is 5.83. The SMILES string of the molecule is O=[N+]([O-])c1ccc(C=Nc2ccccc2C#CC2CCCCC2)cc1. The van der Waals surface area contributed by atoms with Crippen LogP contribution in [0, 0.1) is 27.9 Å². The van der Waals surface area contributed by atoms with Gasteiger partial charge in [0, 0.05) is 24.3 Å². The molecule has 0 radical (unpaired) electrons. The summed E-state index contributed by atoms with van der Waals surface area (Å²) in [5.41, 5.74) is 2.65. The van der Waals surface area contributed by atoms with E-state index in [4.69, 9.17) is 0 Å². The Morgan fingerprint density at radius 1 is 1.04 bits per heavy atom. The van der Waals surface area contributed by atoms with E-state index in [-0.39, 0.29) is 5.69 Å². The van der Waals surface area contributed by atoms with Crippen molar-refractivity contribution < 1.29 is 4.92 Å². The van der Waals surface area contributed by atoms with Gasteiger partial charge < -0.3 is 0 Å². The molecule has 25 heavy (non-hydrogen) atoms. The Labute approximate surface area is 147 Å². The molecule has 1 saturated carbocycles. The van der Waals surface area contributed by atoms with Gasteiger partial charge in [-0.15, -0.1) is 0 Å². The van der Waals surface area contributed by atoms with Crippen molar-refractivity contribution in [3.05, 3.63) is 69.8 Å². The molecular weight excluding hydrogens is 312 g/mol. The van der Waals surface area contributed by atoms with Gasteiger partial charge in [0.1, 0.15) is 0 Å². The van der Waals surface area contributed by atoms with Gasteiger partial charge in [0.15, 0.2) is 0 Å². The van der Waals surface area contributed by atoms with Crippen LogP contribution >= 0.6 is 0 Å². The van der Waals surface area contributed by atoms with Crippen molar-refractivity contribution >= 4 is 17.6 Å². The predicted octanol–water partition coefficient (Wildman–Crippen LogP) is 5.28. The molecule has 4 heteroatoms. The second kappa shape index (κ2) is 8.25. The van der Waals surface area contributed by atoms with Crippen LogP contribution in [0.3, 0.4) is 0 Å². The summed E-state index contributed by atoms with van der Waals surface area (Å²) in [5, 5.41) is 10.7. The van der Waals surface area contributed by atoms with Crippen LogP contribution in [0.2, 0.25) is 0 Å². The van der Waals surface area contributed by atoms with Gasteiger partial charge >= 0.3 is 0 Å². The molecule has 3 rings (SSSR count). The molecule has 0 atom stereocenters. The van der Waals surface area contributed by atoms with E-state index in [9.17, 15) is 10.1 Å². The van der Waals surface area contributed by atoms with Crippen LogP contribution in [-0.2, 0) is 0 Å². The lowest BCUT2D eigenvalue weighted by Crippen LogP contribution is -2.03. The molecule has 0 aromatic heterocycles. The van der Waals surface area contributed by atoms with Gasteiger partial charge in [0.2, 0.25) is 0 Å². The molecule has 0 unspecified atom stereocenters. The van der Waals surface area contributed by atoms with Crippen molar-refractivity contribution in [1.82, 2.24) is 0 Å². The second-order valence-electron chi connectivity index (χ2n) is 6.23. The van der Waals surface area contributed by atoms with E-state index < -0.39 is 4.92 Å². The minimum absolute atomic E-state index is 0.0795. The lowest BCUT2D eigenvalue weighted by Gasteiger charge is -2.15. The second-order valence-corrected chi connectivity index (χ2v) is 6.23. The van der Waals surface area contributed by atoms with Crippen LogP contribution in [0.25, 0.3) is 0 Å². The first kappa shape index (κ1) is 16.9. The molecule has 0 amide bonds. The first-order valence-corrected chi connectivity index (χ1v) is 8.61. The minimum atomic E-state index is -0.406. The molecule has 0 spiro atoms. The Kier molecular flexibility index (Phi) is 5.58. The van der Waals surface area contributed by atoms with E-state index in [1.807, 2.05) is 24.3 Å². The van der Waals surface area contributed by atoms with Crippen LogP contribution < -0.4 is 0 Å². The van der Waals surface area contributed by atoms with Crippen LogP contribution in [0.5, 0.6) is 0 Å². The zero-order chi connectivity index (χ0) is 17.5. The summed E-state index contributed by atoms with van der Waals surface area (Å²) in [6.07, 6.45) is 7.99. The molecular formula is C21H20N2O2. The van der Waals surface area contributed by atoms with Crippen LogP contribution in [0.15, 0.2) is 53.5 Å². The summed E-state index contributed by atoms with van der Waals surface area (Å²) in [6, 6.07) is 14.2. The Morgan fingerprint density at radius 3 is 2.48 bits per heavy atom. The number of rotatable bonds is 3. The van der Waals surface area contributed by atoms with E-state index >= 15 is 0 Å². The molecule has 126 valence electrons. The van der Waals surface area contributed by atoms with Gasteiger partial charge in [0.05, 0.1) is 16.2 Å². The standard InChI is InChI=1S/C21H20N2O2/c24-23(25)20-14-11-18(12-15-20)16-22-21-9-5-4-8-19(21)13-10-17-6-2-1-3-7-17/h4-5,8-9,11-12,14-17H,1-3,6-7H2. The summed E-state index contributed by atoms with van der Waals surface area (Å²) in [7, 11) is 0. The molecule has 1 fully saturated rings. The number of benzene rings is 2. The van der Waals surface area contributed by atoms with Crippen molar-refractivity contribution in [1.29, 1.82) is 0 Å². The molecule has 1 aliphatic carbocycles. The number of aliphatic imine (C=N–C) groups is 1. The maximum atomic E-state index is 10.7. The average Bonchev–Trinajstić information content (AvgIpc) is 2.66. The number of hydrogen-bond acceptors (Lipinski definition) is 3. The van der Waals surface area contributed by atoms with Crippen molar-refractivity contribution in [3.63, 3.8) is 0 Å². The van der Waals surface area contributed by atoms with Gasteiger partial charge in [-0.1, -0.05) is 43.2 Å². The van der Waals surface area contributed by atoms with E-state index in [1.54, 1.807) is 18.3 Å². The minimum Gasteiger partial charge on any atom is -0.258 e. The predicted molar refractivity (Wildman–Crippen MR) is 100 cm³/mol. The summed E-state index contributed by atoms with van der Waals surface area (Å²) < 4.78 is 0. The molecule has 0 heterocycles. The van der Waals surface area contributed by atoms with Gasteiger partial charge in [-0.3, -0.25) is 15.1 Å². The number of hydrogen-bond donors (Lipinski definition) is 0. The number of non-ortho nitro benzene ring substituents is 1. The number of nitro benzene ring substituents is 1. The summed E-state index contributed by atoms with van der Waals surface area (Å²) in [6.45, 7) is 0. The molecule has 0 aliphatic heterocycles. The van der Waals surface area contributed by atoms with Gasteiger partial charge in [-0.25, -0.2) is 0 Å². The van der Waals surface area contributed by atoms with Gasteiger partial charge in [-0.05, 0) is 42.7 Å². The summed E-state index contributed by atoms with van der Waals surface area (Å²) in [5.74, 6) is 7.19. The van der Waals surface area contributed by atoms with Crippen molar-refractivity contribution in [2.75, 3.05) is 0 Å². The third-order valence-electron chi connectivity index (χ3n) is 4.38. The van der Waals surface area contributed by atoms with E-state index in [0.717, 1.165) is 16.8 Å². The summed E-state index contributed by atoms with van der Waals surface area (Å²) >= 11 is 0. The number of nitrogens with zero attached hydrogens (tertiary/aromatic N) is 2. The third kappa shape index (κ3) is 4.77. The van der Waals surface area contributed by atoms with Crippen molar-refractivity contribution in [3.8, 4) is 11.8 Å². The van der Waals surface area contributed by atoms with Crippen LogP contribution in [0.4, 0.5) is 11.4 Å². The van der Waals surface area contributed by atoms with E-state index in [2.05, 4.69) is 16.8 Å². The Morgan fingerprint density at radius 2 is 1.76 bits per heavy atom. The quantitative estimate of drug-likeness (QED) is 0.332. The number of para-hydroxylation sites is 1. The maximum absolute atomic E-state index is 10.7. The van der Waals surface area contributed by atoms with Crippen LogP contribution in [0.1, 0.15) is 43.2 Å². The Bertz CT molecular complexity index is 823. The van der Waals surface area contributed by atoms with E-state index in [1.165, 1.54) is 44.2 Å². The lowest BCUT2D eigenvalue weighted by atomic mass is 9.89. The molecule has 0 saturated heterocycles. The monoisotopic (exact) mass is 332 g/mol. The van der Waals surface area contributed by atoms with Crippen molar-refractivity contribution in [2.45, 2.75) is 32.1 Å². The Hall–Kier alpha value is -2.93. The average molecular weight is 332 g/mol. The molecule has 0 N–H and O–H groups in total. The highest BCUT2D eigenvalue weighted by atomic mass is 16.6. The fourth-order valence-corrected chi connectivity index (χ4v) is 2.94. The zero-order valence-electron chi connectivity index (χ0n) is 14.0. The first-order chi connectivity index (χ1) is 12.2. The lowest BCUT2D eigenvalue weighted by molar-refractivity contribution is -0.384. The molecule has 2 aromatic carbocycles. The maximum Gasteiger partial charge on any atom is 0.269 e. The highest BCUT2D eigenvalue weighted by Gasteiger charge is 2.10. The van der Waals surface area contributed by atoms with Crippen molar-refractivity contribution in [2.24, 2.45) is 10.9 Å².